The van der Waals surface area contributed by atoms with Crippen LogP contribution in [-0.4, -0.2) is 13.1 Å². The molecule has 1 aromatic rings. The van der Waals surface area contributed by atoms with Gasteiger partial charge in [-0.15, -0.1) is 0 Å². The van der Waals surface area contributed by atoms with Crippen LogP contribution >= 0.6 is 11.6 Å². The van der Waals surface area contributed by atoms with E-state index in [-0.39, 0.29) is 0 Å². The summed E-state index contributed by atoms with van der Waals surface area (Å²) in [6, 6.07) is 5.96. The van der Waals surface area contributed by atoms with E-state index in [1.165, 1.54) is 44.5 Å². The highest BCUT2D eigenvalue weighted by molar-refractivity contribution is 6.33. The molecule has 2 aliphatic rings. The van der Waals surface area contributed by atoms with Gasteiger partial charge in [0.15, 0.2) is 0 Å². The molecule has 3 heteroatoms. The molecule has 1 saturated heterocycles. The second kappa shape index (κ2) is 3.56. The summed E-state index contributed by atoms with van der Waals surface area (Å²) in [6.45, 7) is 2.40. The molecule has 2 fully saturated rings. The first-order valence-corrected chi connectivity index (χ1v) is 6.36. The van der Waals surface area contributed by atoms with Gasteiger partial charge in [-0.1, -0.05) is 24.4 Å². The lowest BCUT2D eigenvalue weighted by molar-refractivity contribution is 0.222. The second-order valence-electron chi connectivity index (χ2n) is 5.27. The quantitative estimate of drug-likeness (QED) is 0.759. The molecule has 1 spiro atoms. The Hall–Kier alpha value is -0.890. The molecule has 0 aromatic heterocycles. The van der Waals surface area contributed by atoms with Crippen LogP contribution in [0.3, 0.4) is 0 Å². The number of nitrogen functional groups attached to an aromatic ring is 1. The van der Waals surface area contributed by atoms with Crippen molar-refractivity contribution in [3.05, 3.63) is 23.2 Å². The van der Waals surface area contributed by atoms with Crippen molar-refractivity contribution in [2.45, 2.75) is 25.7 Å². The summed E-state index contributed by atoms with van der Waals surface area (Å²) in [6.07, 6.45) is 5.64. The average molecular weight is 237 g/mol. The van der Waals surface area contributed by atoms with Crippen molar-refractivity contribution in [1.29, 1.82) is 0 Å². The lowest BCUT2D eigenvalue weighted by Crippen LogP contribution is -2.55. The highest BCUT2D eigenvalue weighted by Gasteiger charge is 2.44. The van der Waals surface area contributed by atoms with Crippen LogP contribution in [0.2, 0.25) is 5.02 Å². The molecule has 1 aliphatic heterocycles. The summed E-state index contributed by atoms with van der Waals surface area (Å²) in [5, 5.41) is 0.671. The van der Waals surface area contributed by atoms with Crippen LogP contribution in [0.15, 0.2) is 18.2 Å². The van der Waals surface area contributed by atoms with Crippen LogP contribution in [0.4, 0.5) is 11.4 Å². The molecular formula is C13H17ClN2. The highest BCUT2D eigenvalue weighted by atomic mass is 35.5. The van der Waals surface area contributed by atoms with Crippen LogP contribution in [0.5, 0.6) is 0 Å². The minimum Gasteiger partial charge on any atom is -0.398 e. The lowest BCUT2D eigenvalue weighted by Gasteiger charge is -2.49. The molecule has 0 bridgehead atoms. The van der Waals surface area contributed by atoms with Gasteiger partial charge >= 0.3 is 0 Å². The van der Waals surface area contributed by atoms with E-state index in [0.717, 1.165) is 0 Å². The summed E-state index contributed by atoms with van der Waals surface area (Å²) in [5.41, 5.74) is 8.23. The van der Waals surface area contributed by atoms with Crippen molar-refractivity contribution in [3.63, 3.8) is 0 Å². The van der Waals surface area contributed by atoms with Gasteiger partial charge in [-0.2, -0.15) is 0 Å². The van der Waals surface area contributed by atoms with Crippen molar-refractivity contribution in [1.82, 2.24) is 0 Å². The van der Waals surface area contributed by atoms with Crippen molar-refractivity contribution in [3.8, 4) is 0 Å². The fraction of sp³-hybridized carbons (Fsp3) is 0.538. The van der Waals surface area contributed by atoms with Crippen molar-refractivity contribution < 1.29 is 0 Å². The summed E-state index contributed by atoms with van der Waals surface area (Å²) in [7, 11) is 0. The fourth-order valence-electron chi connectivity index (χ4n) is 3.10. The molecule has 0 radical (unpaired) electrons. The topological polar surface area (TPSA) is 29.3 Å². The van der Waals surface area contributed by atoms with E-state index in [1.54, 1.807) is 0 Å². The molecule has 2 nitrogen and oxygen atoms in total. The molecule has 1 aromatic carbocycles. The number of hydrogen-bond donors (Lipinski definition) is 1. The van der Waals surface area contributed by atoms with Crippen LogP contribution in [-0.2, 0) is 0 Å². The maximum Gasteiger partial charge on any atom is 0.0656 e. The molecule has 0 atom stereocenters. The van der Waals surface area contributed by atoms with Gasteiger partial charge in [-0.3, -0.25) is 0 Å². The number of anilines is 2. The average Bonchev–Trinajstić information content (AvgIpc) is 2.69. The Morgan fingerprint density at radius 2 is 1.88 bits per heavy atom. The van der Waals surface area contributed by atoms with E-state index in [0.29, 0.717) is 16.1 Å². The Labute approximate surface area is 101 Å². The van der Waals surface area contributed by atoms with Gasteiger partial charge in [-0.05, 0) is 31.0 Å². The predicted octanol–water partition coefficient (Wildman–Crippen LogP) is 3.30. The Bertz CT molecular complexity index is 402. The number of halogens is 1. The minimum atomic E-state index is 0.633. The summed E-state index contributed by atoms with van der Waals surface area (Å²) < 4.78 is 0. The smallest absolute Gasteiger partial charge is 0.0656 e. The van der Waals surface area contributed by atoms with Crippen LogP contribution in [0, 0.1) is 5.41 Å². The van der Waals surface area contributed by atoms with Crippen LogP contribution < -0.4 is 10.6 Å². The molecule has 0 amide bonds. The predicted molar refractivity (Wildman–Crippen MR) is 69.0 cm³/mol. The summed E-state index contributed by atoms with van der Waals surface area (Å²) >= 11 is 6.04. The maximum atomic E-state index is 6.04. The third-order valence-electron chi connectivity index (χ3n) is 4.07. The van der Waals surface area contributed by atoms with E-state index in [2.05, 4.69) is 11.0 Å². The Kier molecular flexibility index (Phi) is 2.28. The standard InChI is InChI=1S/C13H17ClN2/c14-11-7-10(3-4-12(11)15)16-8-13(9-16)5-1-2-6-13/h3-4,7H,1-2,5-6,8-9,15H2. The maximum absolute atomic E-state index is 6.04. The Balaban J connectivity index is 1.73. The SMILES string of the molecule is Nc1ccc(N2CC3(CCCC3)C2)cc1Cl. The first-order valence-electron chi connectivity index (χ1n) is 5.99. The van der Waals surface area contributed by atoms with Crippen molar-refractivity contribution in [2.24, 2.45) is 5.41 Å². The number of benzene rings is 1. The molecule has 1 saturated carbocycles. The first-order chi connectivity index (χ1) is 7.69. The van der Waals surface area contributed by atoms with Crippen LogP contribution in [0.25, 0.3) is 0 Å². The largest absolute Gasteiger partial charge is 0.398 e. The van der Waals surface area contributed by atoms with Gasteiger partial charge in [0.1, 0.15) is 0 Å². The van der Waals surface area contributed by atoms with E-state index in [1.807, 2.05) is 12.1 Å². The molecule has 2 N–H and O–H groups in total. The molecule has 1 heterocycles. The van der Waals surface area contributed by atoms with Gasteiger partial charge in [0.05, 0.1) is 10.7 Å². The van der Waals surface area contributed by atoms with E-state index in [4.69, 9.17) is 17.3 Å². The van der Waals surface area contributed by atoms with E-state index < -0.39 is 0 Å². The third-order valence-corrected chi connectivity index (χ3v) is 4.39. The van der Waals surface area contributed by atoms with Gasteiger partial charge in [0, 0.05) is 24.2 Å². The molecule has 86 valence electrons. The van der Waals surface area contributed by atoms with Crippen LogP contribution in [0.1, 0.15) is 25.7 Å². The second-order valence-corrected chi connectivity index (χ2v) is 5.68. The number of rotatable bonds is 1. The molecule has 1 aliphatic carbocycles. The number of nitrogens with two attached hydrogens (primary N) is 1. The van der Waals surface area contributed by atoms with Gasteiger partial charge < -0.3 is 10.6 Å². The normalized spacial score (nSPS) is 22.4. The van der Waals surface area contributed by atoms with Gasteiger partial charge in [0.25, 0.3) is 0 Å². The first kappa shape index (κ1) is 10.3. The van der Waals surface area contributed by atoms with Crippen molar-refractivity contribution >= 4 is 23.0 Å². The fourth-order valence-corrected chi connectivity index (χ4v) is 3.27. The minimum absolute atomic E-state index is 0.633. The Morgan fingerprint density at radius 3 is 2.50 bits per heavy atom. The highest BCUT2D eigenvalue weighted by Crippen LogP contribution is 2.47. The number of hydrogen-bond acceptors (Lipinski definition) is 2. The summed E-state index contributed by atoms with van der Waals surface area (Å²) in [5.74, 6) is 0. The van der Waals surface area contributed by atoms with Crippen molar-refractivity contribution in [2.75, 3.05) is 23.7 Å². The summed E-state index contributed by atoms with van der Waals surface area (Å²) in [4.78, 5) is 2.41. The zero-order valence-corrected chi connectivity index (χ0v) is 10.1. The monoisotopic (exact) mass is 236 g/mol. The third kappa shape index (κ3) is 1.56. The molecule has 0 unspecified atom stereocenters. The molecular weight excluding hydrogens is 220 g/mol. The van der Waals surface area contributed by atoms with E-state index in [9.17, 15) is 0 Å². The zero-order chi connectivity index (χ0) is 11.2. The zero-order valence-electron chi connectivity index (χ0n) is 9.38. The van der Waals surface area contributed by atoms with Gasteiger partial charge in [0.2, 0.25) is 0 Å². The molecule has 3 rings (SSSR count). The number of nitrogens with zero attached hydrogens (tertiary/aromatic N) is 1. The van der Waals surface area contributed by atoms with Gasteiger partial charge in [-0.25, -0.2) is 0 Å². The van der Waals surface area contributed by atoms with E-state index >= 15 is 0 Å². The molecule has 16 heavy (non-hydrogen) atoms. The lowest BCUT2D eigenvalue weighted by atomic mass is 9.78. The Morgan fingerprint density at radius 1 is 1.19 bits per heavy atom.